The van der Waals surface area contributed by atoms with Crippen LogP contribution in [0, 0.1) is 23.2 Å². The smallest absolute Gasteiger partial charge is 0.309 e. The van der Waals surface area contributed by atoms with E-state index in [1.165, 1.54) is 0 Å². The van der Waals surface area contributed by atoms with Crippen LogP contribution in [0.3, 0.4) is 0 Å². The number of fused-ring (bicyclic) bond motifs is 2. The quantitative estimate of drug-likeness (QED) is 0.554. The summed E-state index contributed by atoms with van der Waals surface area (Å²) in [4.78, 5) is 12.0. The predicted molar refractivity (Wildman–Crippen MR) is 63.3 cm³/mol. The van der Waals surface area contributed by atoms with Crippen molar-refractivity contribution in [3.05, 3.63) is 12.2 Å². The van der Waals surface area contributed by atoms with Gasteiger partial charge >= 0.3 is 5.97 Å². The molecule has 3 aliphatic rings. The molecule has 0 amide bonds. The van der Waals surface area contributed by atoms with E-state index in [1.54, 1.807) is 0 Å². The van der Waals surface area contributed by atoms with E-state index in [4.69, 9.17) is 9.47 Å². The Labute approximate surface area is 102 Å². The molecule has 0 spiro atoms. The molecule has 1 heterocycles. The lowest BCUT2D eigenvalue weighted by Crippen LogP contribution is -2.46. The molecule has 3 nitrogen and oxygen atoms in total. The van der Waals surface area contributed by atoms with Gasteiger partial charge in [-0.1, -0.05) is 19.1 Å². The molecule has 3 atom stereocenters. The Morgan fingerprint density at radius 3 is 2.71 bits per heavy atom. The van der Waals surface area contributed by atoms with Crippen molar-refractivity contribution in [2.75, 3.05) is 19.8 Å². The number of carbonyl (C=O) groups excluding carboxylic acids is 1. The van der Waals surface area contributed by atoms with Crippen LogP contribution in [0.2, 0.25) is 0 Å². The molecule has 0 aromatic heterocycles. The lowest BCUT2D eigenvalue weighted by Gasteiger charge is -2.40. The van der Waals surface area contributed by atoms with E-state index >= 15 is 0 Å². The van der Waals surface area contributed by atoms with Crippen molar-refractivity contribution in [1.29, 1.82) is 0 Å². The van der Waals surface area contributed by atoms with Crippen LogP contribution in [0.15, 0.2) is 12.2 Å². The number of allylic oxidation sites excluding steroid dienone is 2. The summed E-state index contributed by atoms with van der Waals surface area (Å²) in [6.45, 7) is 4.16. The van der Waals surface area contributed by atoms with Gasteiger partial charge in [-0.15, -0.1) is 0 Å². The van der Waals surface area contributed by atoms with Crippen LogP contribution in [0.1, 0.15) is 26.2 Å². The van der Waals surface area contributed by atoms with Crippen molar-refractivity contribution in [3.8, 4) is 0 Å². The highest BCUT2D eigenvalue weighted by atomic mass is 16.5. The molecule has 3 unspecified atom stereocenters. The van der Waals surface area contributed by atoms with Crippen LogP contribution in [0.25, 0.3) is 0 Å². The van der Waals surface area contributed by atoms with E-state index in [0.717, 1.165) is 32.5 Å². The van der Waals surface area contributed by atoms with Gasteiger partial charge in [0, 0.05) is 0 Å². The Morgan fingerprint density at radius 2 is 2.24 bits per heavy atom. The first-order chi connectivity index (χ1) is 8.22. The monoisotopic (exact) mass is 236 g/mol. The molecule has 0 N–H and O–H groups in total. The maximum atomic E-state index is 12.0. The molecule has 0 radical (unpaired) electrons. The first-order valence-corrected chi connectivity index (χ1v) is 6.65. The molecule has 2 fully saturated rings. The van der Waals surface area contributed by atoms with Crippen LogP contribution in [-0.2, 0) is 14.3 Å². The van der Waals surface area contributed by atoms with Crippen LogP contribution < -0.4 is 0 Å². The molecule has 3 heteroatoms. The van der Waals surface area contributed by atoms with Crippen molar-refractivity contribution in [1.82, 2.24) is 0 Å². The highest BCUT2D eigenvalue weighted by molar-refractivity contribution is 5.74. The summed E-state index contributed by atoms with van der Waals surface area (Å²) in [7, 11) is 0. The fraction of sp³-hybridized carbons (Fsp3) is 0.786. The van der Waals surface area contributed by atoms with Gasteiger partial charge in [-0.25, -0.2) is 0 Å². The minimum absolute atomic E-state index is 0.0153. The Balaban J connectivity index is 1.52. The molecular weight excluding hydrogens is 216 g/mol. The zero-order valence-corrected chi connectivity index (χ0v) is 10.4. The first kappa shape index (κ1) is 11.3. The molecule has 17 heavy (non-hydrogen) atoms. The predicted octanol–water partition coefficient (Wildman–Crippen LogP) is 2.17. The number of esters is 1. The minimum Gasteiger partial charge on any atom is -0.465 e. The number of carbonyl (C=O) groups is 1. The summed E-state index contributed by atoms with van der Waals surface area (Å²) in [6, 6.07) is 0. The van der Waals surface area contributed by atoms with Gasteiger partial charge in [0.05, 0.1) is 24.5 Å². The van der Waals surface area contributed by atoms with E-state index in [-0.39, 0.29) is 17.3 Å². The third kappa shape index (κ3) is 1.90. The fourth-order valence-corrected chi connectivity index (χ4v) is 3.16. The second kappa shape index (κ2) is 4.13. The molecular formula is C14H20O3. The minimum atomic E-state index is 0.0153. The molecule has 2 aliphatic carbocycles. The number of hydrogen-bond donors (Lipinski definition) is 0. The van der Waals surface area contributed by atoms with Gasteiger partial charge in [-0.2, -0.15) is 0 Å². The molecule has 94 valence electrons. The number of hydrogen-bond acceptors (Lipinski definition) is 3. The molecule has 0 aromatic carbocycles. The lowest BCUT2D eigenvalue weighted by atomic mass is 9.84. The van der Waals surface area contributed by atoms with Gasteiger partial charge in [-0.05, 0) is 31.1 Å². The third-order valence-electron chi connectivity index (χ3n) is 4.67. The highest BCUT2D eigenvalue weighted by Crippen LogP contribution is 2.44. The summed E-state index contributed by atoms with van der Waals surface area (Å²) in [6.07, 6.45) is 7.62. The zero-order chi connectivity index (χ0) is 11.9. The molecule has 1 saturated carbocycles. The summed E-state index contributed by atoms with van der Waals surface area (Å²) >= 11 is 0. The summed E-state index contributed by atoms with van der Waals surface area (Å²) in [5.41, 5.74) is 0.114. The van der Waals surface area contributed by atoms with Crippen molar-refractivity contribution < 1.29 is 14.3 Å². The van der Waals surface area contributed by atoms with Crippen LogP contribution in [0.5, 0.6) is 0 Å². The summed E-state index contributed by atoms with van der Waals surface area (Å²) in [5, 5.41) is 0. The van der Waals surface area contributed by atoms with Crippen LogP contribution >= 0.6 is 0 Å². The van der Waals surface area contributed by atoms with Crippen molar-refractivity contribution in [2.24, 2.45) is 23.2 Å². The maximum absolute atomic E-state index is 12.0. The van der Waals surface area contributed by atoms with Crippen molar-refractivity contribution in [3.63, 3.8) is 0 Å². The van der Waals surface area contributed by atoms with Crippen molar-refractivity contribution in [2.45, 2.75) is 26.2 Å². The third-order valence-corrected chi connectivity index (χ3v) is 4.67. The fourth-order valence-electron chi connectivity index (χ4n) is 3.16. The zero-order valence-electron chi connectivity index (χ0n) is 10.4. The molecule has 1 aliphatic heterocycles. The van der Waals surface area contributed by atoms with Gasteiger partial charge < -0.3 is 9.47 Å². The van der Waals surface area contributed by atoms with E-state index in [2.05, 4.69) is 19.1 Å². The van der Waals surface area contributed by atoms with Gasteiger partial charge in [0.25, 0.3) is 0 Å². The van der Waals surface area contributed by atoms with Gasteiger partial charge in [-0.3, -0.25) is 4.79 Å². The molecule has 0 aromatic rings. The lowest BCUT2D eigenvalue weighted by molar-refractivity contribution is -0.174. The van der Waals surface area contributed by atoms with E-state index in [9.17, 15) is 4.79 Å². The summed E-state index contributed by atoms with van der Waals surface area (Å²) in [5.74, 6) is 1.22. The highest BCUT2D eigenvalue weighted by Gasteiger charge is 2.43. The topological polar surface area (TPSA) is 35.5 Å². The number of ether oxygens (including phenoxy) is 2. The van der Waals surface area contributed by atoms with Gasteiger partial charge in [0.1, 0.15) is 6.61 Å². The van der Waals surface area contributed by atoms with E-state index in [0.29, 0.717) is 18.4 Å². The van der Waals surface area contributed by atoms with Crippen LogP contribution in [-0.4, -0.2) is 25.8 Å². The van der Waals surface area contributed by atoms with Crippen LogP contribution in [0.4, 0.5) is 0 Å². The second-order valence-corrected chi connectivity index (χ2v) is 5.84. The Morgan fingerprint density at radius 1 is 1.41 bits per heavy atom. The number of rotatable bonds is 4. The summed E-state index contributed by atoms with van der Waals surface area (Å²) < 4.78 is 10.8. The Hall–Kier alpha value is -0.830. The second-order valence-electron chi connectivity index (χ2n) is 5.84. The SMILES string of the molecule is CCC1(COC(=O)C2CC3C=CC2C3)COC1. The van der Waals surface area contributed by atoms with Gasteiger partial charge in [0.15, 0.2) is 0 Å². The normalized spacial score (nSPS) is 36.9. The van der Waals surface area contributed by atoms with E-state index < -0.39 is 0 Å². The Bertz CT molecular complexity index is 338. The molecule has 1 saturated heterocycles. The Kier molecular flexibility index (Phi) is 2.74. The first-order valence-electron chi connectivity index (χ1n) is 6.65. The molecule has 3 rings (SSSR count). The standard InChI is InChI=1S/C14H20O3/c1-2-14(7-16-8-14)9-17-13(15)12-6-10-3-4-11(12)5-10/h3-4,10-12H,2,5-9H2,1H3. The van der Waals surface area contributed by atoms with Crippen molar-refractivity contribution >= 4 is 5.97 Å². The molecule has 2 bridgehead atoms. The maximum Gasteiger partial charge on any atom is 0.309 e. The largest absolute Gasteiger partial charge is 0.465 e. The average molecular weight is 236 g/mol. The van der Waals surface area contributed by atoms with E-state index in [1.807, 2.05) is 0 Å². The van der Waals surface area contributed by atoms with Gasteiger partial charge in [0.2, 0.25) is 0 Å². The average Bonchev–Trinajstić information content (AvgIpc) is 2.89.